The molecule has 8 rings (SSSR count). The normalized spacial score (nSPS) is 18.2. The highest BCUT2D eigenvalue weighted by molar-refractivity contribution is 7.13. The van der Waals surface area contributed by atoms with Crippen LogP contribution in [0.5, 0.6) is 0 Å². The van der Waals surface area contributed by atoms with Gasteiger partial charge in [0.1, 0.15) is 17.3 Å². The highest BCUT2D eigenvalue weighted by Gasteiger charge is 2.44. The van der Waals surface area contributed by atoms with E-state index in [1.165, 1.54) is 11.8 Å². The molecular formula is C54H66N8O7S. The summed E-state index contributed by atoms with van der Waals surface area (Å²) in [7, 11) is 0. The van der Waals surface area contributed by atoms with Crippen LogP contribution in [-0.2, 0) is 32.0 Å². The number of benzene rings is 1. The number of carbonyl (C=O) groups is 5. The number of aryl methyl sites for hydroxylation is 3. The number of hydrogen-bond donors (Lipinski definition) is 1. The van der Waals surface area contributed by atoms with Crippen LogP contribution in [0.25, 0.3) is 21.5 Å². The first-order valence-corrected chi connectivity index (χ1v) is 25.8. The van der Waals surface area contributed by atoms with Gasteiger partial charge in [0.25, 0.3) is 5.56 Å². The topological polar surface area (TPSA) is 189 Å². The second kappa shape index (κ2) is 21.6. The SMILES string of the molecule is CC(=O)c1c(C)c2cnc(Cc3ccc(N4CCN(C(=O)CCCC(=O)C[C@H](C(=O)N5C[C@H](O)C[C@H]5C(=O)CCc5ccc(-c6scnc6C)cc5)C(C)(C)C)CC4)cn3)nc2n(C2CCCC2)c1=O. The van der Waals surface area contributed by atoms with Gasteiger partial charge < -0.3 is 19.8 Å². The van der Waals surface area contributed by atoms with E-state index in [1.54, 1.807) is 29.0 Å². The molecule has 15 nitrogen and oxygen atoms in total. The second-order valence-corrected chi connectivity index (χ2v) is 21.4. The number of fused-ring (bicyclic) bond motifs is 1. The molecule has 1 aliphatic carbocycles. The first kappa shape index (κ1) is 50.4. The van der Waals surface area contributed by atoms with Crippen LogP contribution >= 0.6 is 11.3 Å². The number of piperazine rings is 1. The summed E-state index contributed by atoms with van der Waals surface area (Å²) in [5, 5.41) is 11.4. The van der Waals surface area contributed by atoms with E-state index in [1.807, 2.05) is 80.7 Å². The zero-order valence-electron chi connectivity index (χ0n) is 41.4. The van der Waals surface area contributed by atoms with Crippen LogP contribution in [-0.4, -0.2) is 113 Å². The van der Waals surface area contributed by atoms with Crippen LogP contribution in [0.2, 0.25) is 0 Å². The third-order valence-electron chi connectivity index (χ3n) is 14.6. The number of β-amino-alcohol motifs (C(OH)–C–C–N with tert-alkyl or cyclic N) is 1. The Morgan fingerprint density at radius 3 is 2.26 bits per heavy atom. The molecule has 3 fully saturated rings. The van der Waals surface area contributed by atoms with Crippen molar-refractivity contribution in [2.45, 2.75) is 137 Å². The maximum atomic E-state index is 14.2. The molecule has 1 N–H and O–H groups in total. The number of aromatic nitrogens is 5. The molecule has 3 aliphatic rings. The van der Waals surface area contributed by atoms with Gasteiger partial charge in [0.15, 0.2) is 11.6 Å². The average Bonchev–Trinajstić information content (AvgIpc) is 4.12. The smallest absolute Gasteiger partial charge is 0.263 e. The first-order valence-electron chi connectivity index (χ1n) is 24.9. The van der Waals surface area contributed by atoms with Gasteiger partial charge in [-0.15, -0.1) is 11.3 Å². The van der Waals surface area contributed by atoms with Crippen LogP contribution in [0.4, 0.5) is 5.69 Å². The fourth-order valence-electron chi connectivity index (χ4n) is 10.5. The van der Waals surface area contributed by atoms with Gasteiger partial charge in [0.05, 0.1) is 52.1 Å². The van der Waals surface area contributed by atoms with Gasteiger partial charge in [0, 0.05) is 94.1 Å². The Balaban J connectivity index is 0.797. The third kappa shape index (κ3) is 11.3. The molecule has 2 aliphatic heterocycles. The fraction of sp³-hybridized carbons (Fsp3) is 0.519. The lowest BCUT2D eigenvalue weighted by atomic mass is 9.76. The number of thiazole rings is 1. The first-order chi connectivity index (χ1) is 33.5. The molecular weight excluding hydrogens is 905 g/mol. The number of likely N-dealkylation sites (tertiary alicyclic amines) is 1. The molecule has 0 unspecified atom stereocenters. The number of pyridine rings is 2. The van der Waals surface area contributed by atoms with Gasteiger partial charge in [0.2, 0.25) is 11.8 Å². The van der Waals surface area contributed by atoms with Crippen molar-refractivity contribution >= 4 is 57.2 Å². The monoisotopic (exact) mass is 970 g/mol. The summed E-state index contributed by atoms with van der Waals surface area (Å²) in [6.45, 7) is 13.4. The van der Waals surface area contributed by atoms with E-state index in [-0.39, 0.29) is 85.0 Å². The maximum absolute atomic E-state index is 14.2. The van der Waals surface area contributed by atoms with Crippen LogP contribution in [0.3, 0.4) is 0 Å². The fourth-order valence-corrected chi connectivity index (χ4v) is 11.4. The predicted octanol–water partition coefficient (Wildman–Crippen LogP) is 7.44. The zero-order valence-corrected chi connectivity index (χ0v) is 42.2. The summed E-state index contributed by atoms with van der Waals surface area (Å²) in [6.07, 6.45) is 8.61. The largest absolute Gasteiger partial charge is 0.391 e. The van der Waals surface area contributed by atoms with E-state index in [9.17, 15) is 33.9 Å². The van der Waals surface area contributed by atoms with E-state index in [4.69, 9.17) is 9.97 Å². The second-order valence-electron chi connectivity index (χ2n) is 20.6. The van der Waals surface area contributed by atoms with Gasteiger partial charge in [-0.3, -0.25) is 38.3 Å². The van der Waals surface area contributed by atoms with Crippen molar-refractivity contribution in [3.05, 3.63) is 98.6 Å². The number of hydrogen-bond acceptors (Lipinski definition) is 13. The summed E-state index contributed by atoms with van der Waals surface area (Å²) in [5.74, 6) is -0.885. The predicted molar refractivity (Wildman–Crippen MR) is 270 cm³/mol. The number of aliphatic hydroxyl groups excluding tert-OH is 1. The van der Waals surface area contributed by atoms with Crippen LogP contribution in [0.1, 0.15) is 137 Å². The molecule has 370 valence electrons. The van der Waals surface area contributed by atoms with Crippen molar-refractivity contribution in [2.24, 2.45) is 11.3 Å². The molecule has 3 atom stereocenters. The quantitative estimate of drug-likeness (QED) is 0.0909. The number of Topliss-reactive ketones (excluding diaryl/α,β-unsaturated/α-hetero) is 3. The standard InChI is InChI=1S/C54H66N8O7S/c1-33-43-30-56-47(58-51(43)62(39-10-7-8-11-39)53(69)49(33)35(3)63)26-38-19-20-40(29-55-38)59-22-24-60(25-23-59)48(67)13-9-12-41(64)27-44(54(4,5)6)52(68)61-31-42(65)28-45(61)46(66)21-16-36-14-17-37(18-15-36)50-34(2)57-32-70-50/h14-15,17-20,29-30,32,39,42,44-45,65H,7-13,16,21-28,31H2,1-6H3/t42-,44-,45+/m1/s1. The summed E-state index contributed by atoms with van der Waals surface area (Å²) in [4.78, 5) is 106. The molecule has 70 heavy (non-hydrogen) atoms. The van der Waals surface area contributed by atoms with E-state index in [0.717, 1.165) is 58.8 Å². The number of aliphatic hydroxyl groups is 1. The molecule has 4 aromatic heterocycles. The van der Waals surface area contributed by atoms with E-state index < -0.39 is 23.5 Å². The number of amides is 2. The van der Waals surface area contributed by atoms with Gasteiger partial charge in [-0.05, 0) is 80.7 Å². The molecule has 2 saturated heterocycles. The lowest BCUT2D eigenvalue weighted by molar-refractivity contribution is -0.146. The van der Waals surface area contributed by atoms with Crippen molar-refractivity contribution in [1.29, 1.82) is 0 Å². The summed E-state index contributed by atoms with van der Waals surface area (Å²) in [6, 6.07) is 11.3. The van der Waals surface area contributed by atoms with Crippen molar-refractivity contribution in [1.82, 2.24) is 34.3 Å². The average molecular weight is 971 g/mol. The van der Waals surface area contributed by atoms with Crippen LogP contribution in [0.15, 0.2) is 59.1 Å². The number of carbonyl (C=O) groups excluding carboxylic acids is 5. The maximum Gasteiger partial charge on any atom is 0.263 e. The molecule has 0 spiro atoms. The summed E-state index contributed by atoms with van der Waals surface area (Å²) in [5.41, 5.74) is 7.15. The Morgan fingerprint density at radius 1 is 0.886 bits per heavy atom. The highest BCUT2D eigenvalue weighted by atomic mass is 32.1. The lowest BCUT2D eigenvalue weighted by Crippen LogP contribution is -2.48. The Labute approximate surface area is 413 Å². The zero-order chi connectivity index (χ0) is 49.9. The minimum absolute atomic E-state index is 0.00175. The molecule has 6 heterocycles. The summed E-state index contributed by atoms with van der Waals surface area (Å²) >= 11 is 1.59. The number of rotatable bonds is 17. The van der Waals surface area contributed by atoms with Crippen molar-refractivity contribution in [3.8, 4) is 10.4 Å². The van der Waals surface area contributed by atoms with E-state index >= 15 is 0 Å². The van der Waals surface area contributed by atoms with Gasteiger partial charge in [-0.2, -0.15) is 0 Å². The van der Waals surface area contributed by atoms with Gasteiger partial charge in [-0.1, -0.05) is 57.9 Å². The van der Waals surface area contributed by atoms with E-state index in [2.05, 4.69) is 14.9 Å². The molecule has 16 heteroatoms. The van der Waals surface area contributed by atoms with Crippen LogP contribution < -0.4 is 10.5 Å². The highest BCUT2D eigenvalue weighted by Crippen LogP contribution is 2.35. The molecule has 0 bridgehead atoms. The molecule has 1 aromatic carbocycles. The molecule has 5 aromatic rings. The Hall–Kier alpha value is -6.00. The minimum Gasteiger partial charge on any atom is -0.391 e. The minimum atomic E-state index is -0.815. The van der Waals surface area contributed by atoms with Crippen LogP contribution in [0, 0.1) is 25.2 Å². The molecule has 0 radical (unpaired) electrons. The summed E-state index contributed by atoms with van der Waals surface area (Å²) < 4.78 is 1.73. The Bertz CT molecular complexity index is 2800. The molecule has 1 saturated carbocycles. The van der Waals surface area contributed by atoms with Crippen molar-refractivity contribution in [2.75, 3.05) is 37.6 Å². The number of ketones is 3. The van der Waals surface area contributed by atoms with Crippen molar-refractivity contribution in [3.63, 3.8) is 0 Å². The lowest BCUT2D eigenvalue weighted by Gasteiger charge is -2.36. The molecule has 2 amide bonds. The number of nitrogens with zero attached hydrogens (tertiary/aromatic N) is 8. The van der Waals surface area contributed by atoms with E-state index in [0.29, 0.717) is 67.9 Å². The Kier molecular flexibility index (Phi) is 15.5. The van der Waals surface area contributed by atoms with Crippen molar-refractivity contribution < 1.29 is 29.1 Å². The van der Waals surface area contributed by atoms with Gasteiger partial charge in [-0.25, -0.2) is 15.0 Å². The number of anilines is 1. The van der Waals surface area contributed by atoms with Gasteiger partial charge >= 0.3 is 0 Å². The Morgan fingerprint density at radius 2 is 1.61 bits per heavy atom. The third-order valence-corrected chi connectivity index (χ3v) is 15.6.